The number of aromatic nitrogens is 6. The maximum absolute atomic E-state index is 6.26. The first-order valence-electron chi connectivity index (χ1n) is 10.9. The van der Waals surface area contributed by atoms with Crippen molar-refractivity contribution in [3.05, 3.63) is 89.5 Å². The molecule has 1 saturated carbocycles. The van der Waals surface area contributed by atoms with Crippen molar-refractivity contribution >= 4 is 34.4 Å². The second-order valence-electron chi connectivity index (χ2n) is 8.17. The van der Waals surface area contributed by atoms with E-state index in [1.54, 1.807) is 18.0 Å². The summed E-state index contributed by atoms with van der Waals surface area (Å²) in [5.41, 5.74) is 4.22. The summed E-state index contributed by atoms with van der Waals surface area (Å²) in [6.07, 6.45) is 5.94. The van der Waals surface area contributed by atoms with E-state index in [2.05, 4.69) is 54.6 Å². The van der Waals surface area contributed by atoms with Crippen LogP contribution >= 0.6 is 23.4 Å². The summed E-state index contributed by atoms with van der Waals surface area (Å²) in [6.45, 7) is 0.755. The zero-order chi connectivity index (χ0) is 22.2. The highest BCUT2D eigenvalue weighted by atomic mass is 35.5. The van der Waals surface area contributed by atoms with Gasteiger partial charge in [-0.3, -0.25) is 9.55 Å². The highest BCUT2D eigenvalue weighted by Crippen LogP contribution is 2.41. The van der Waals surface area contributed by atoms with Gasteiger partial charge in [-0.15, -0.1) is 10.2 Å². The molecule has 2 aromatic carbocycles. The van der Waals surface area contributed by atoms with Crippen LogP contribution in [0.5, 0.6) is 0 Å². The Morgan fingerprint density at radius 3 is 2.67 bits per heavy atom. The SMILES string of the molecule is Clc1ccc2c(c1)nc(CSc1nnc(-c3cccnc3)n1C1CC1)n2Cc1ccccc1. The summed E-state index contributed by atoms with van der Waals surface area (Å²) in [7, 11) is 0. The van der Waals surface area contributed by atoms with E-state index in [0.29, 0.717) is 16.8 Å². The van der Waals surface area contributed by atoms with Gasteiger partial charge in [0.25, 0.3) is 0 Å². The maximum Gasteiger partial charge on any atom is 0.192 e. The van der Waals surface area contributed by atoms with Crippen LogP contribution in [0.25, 0.3) is 22.4 Å². The number of nitrogens with zero attached hydrogens (tertiary/aromatic N) is 6. The molecule has 0 spiro atoms. The molecule has 6 rings (SSSR count). The monoisotopic (exact) mass is 472 g/mol. The predicted molar refractivity (Wildman–Crippen MR) is 131 cm³/mol. The van der Waals surface area contributed by atoms with E-state index in [0.717, 1.165) is 52.8 Å². The third-order valence-corrected chi connectivity index (χ3v) is 6.97. The van der Waals surface area contributed by atoms with Crippen molar-refractivity contribution in [1.29, 1.82) is 0 Å². The molecule has 1 fully saturated rings. The molecule has 3 aromatic heterocycles. The van der Waals surface area contributed by atoms with E-state index in [1.165, 1.54) is 5.56 Å². The fourth-order valence-corrected chi connectivity index (χ4v) is 5.18. The minimum absolute atomic E-state index is 0.458. The average molecular weight is 473 g/mol. The molecule has 33 heavy (non-hydrogen) atoms. The van der Waals surface area contributed by atoms with Gasteiger partial charge in [0.1, 0.15) is 5.82 Å². The molecule has 0 amide bonds. The van der Waals surface area contributed by atoms with Crippen molar-refractivity contribution in [3.63, 3.8) is 0 Å². The number of fused-ring (bicyclic) bond motifs is 1. The molecule has 0 unspecified atom stereocenters. The normalized spacial score (nSPS) is 13.6. The lowest BCUT2D eigenvalue weighted by atomic mass is 10.2. The van der Waals surface area contributed by atoms with Gasteiger partial charge in [-0.1, -0.05) is 53.7 Å². The molecule has 8 heteroatoms. The Morgan fingerprint density at radius 1 is 1.00 bits per heavy atom. The summed E-state index contributed by atoms with van der Waals surface area (Å²) >= 11 is 7.94. The molecule has 5 aromatic rings. The number of hydrogen-bond acceptors (Lipinski definition) is 5. The van der Waals surface area contributed by atoms with Gasteiger partial charge in [-0.05, 0) is 48.7 Å². The molecular weight excluding hydrogens is 452 g/mol. The topological polar surface area (TPSA) is 61.4 Å². The van der Waals surface area contributed by atoms with Crippen LogP contribution in [0.1, 0.15) is 30.3 Å². The number of hydrogen-bond donors (Lipinski definition) is 0. The van der Waals surface area contributed by atoms with E-state index < -0.39 is 0 Å². The Labute approximate surface area is 200 Å². The summed E-state index contributed by atoms with van der Waals surface area (Å²) in [4.78, 5) is 9.19. The Bertz CT molecular complexity index is 1410. The van der Waals surface area contributed by atoms with E-state index in [4.69, 9.17) is 16.6 Å². The fraction of sp³-hybridized carbons (Fsp3) is 0.200. The Kier molecular flexibility index (Phi) is 5.36. The first-order valence-corrected chi connectivity index (χ1v) is 12.3. The molecule has 0 saturated heterocycles. The second kappa shape index (κ2) is 8.65. The summed E-state index contributed by atoms with van der Waals surface area (Å²) in [5, 5.41) is 10.7. The van der Waals surface area contributed by atoms with Crippen LogP contribution in [0, 0.1) is 0 Å². The van der Waals surface area contributed by atoms with Crippen molar-refractivity contribution in [2.45, 2.75) is 36.3 Å². The smallest absolute Gasteiger partial charge is 0.192 e. The van der Waals surface area contributed by atoms with Crippen molar-refractivity contribution < 1.29 is 0 Å². The van der Waals surface area contributed by atoms with Gasteiger partial charge in [0.2, 0.25) is 0 Å². The molecular formula is C25H21ClN6S. The summed E-state index contributed by atoms with van der Waals surface area (Å²) in [5.74, 6) is 2.57. The quantitative estimate of drug-likeness (QED) is 0.271. The molecule has 0 radical (unpaired) electrons. The maximum atomic E-state index is 6.26. The van der Waals surface area contributed by atoms with Gasteiger partial charge >= 0.3 is 0 Å². The Balaban J connectivity index is 1.34. The molecule has 0 N–H and O–H groups in total. The van der Waals surface area contributed by atoms with Gasteiger partial charge in [-0.25, -0.2) is 4.98 Å². The van der Waals surface area contributed by atoms with Crippen molar-refractivity contribution in [1.82, 2.24) is 29.3 Å². The van der Waals surface area contributed by atoms with E-state index in [-0.39, 0.29) is 0 Å². The third kappa shape index (κ3) is 4.14. The first-order chi connectivity index (χ1) is 16.3. The number of benzene rings is 2. The zero-order valence-corrected chi connectivity index (χ0v) is 19.4. The Morgan fingerprint density at radius 2 is 1.88 bits per heavy atom. The van der Waals surface area contributed by atoms with Crippen LogP contribution in [0.3, 0.4) is 0 Å². The van der Waals surface area contributed by atoms with E-state index in [1.807, 2.05) is 36.5 Å². The zero-order valence-electron chi connectivity index (χ0n) is 17.8. The van der Waals surface area contributed by atoms with Crippen molar-refractivity contribution in [2.75, 3.05) is 0 Å². The number of pyridine rings is 1. The lowest BCUT2D eigenvalue weighted by molar-refractivity contribution is 0.668. The third-order valence-electron chi connectivity index (χ3n) is 5.80. The van der Waals surface area contributed by atoms with Gasteiger partial charge in [0, 0.05) is 35.6 Å². The lowest BCUT2D eigenvalue weighted by Crippen LogP contribution is -2.05. The molecule has 1 aliphatic carbocycles. The molecule has 0 bridgehead atoms. The molecule has 6 nitrogen and oxygen atoms in total. The van der Waals surface area contributed by atoms with Crippen LogP contribution < -0.4 is 0 Å². The summed E-state index contributed by atoms with van der Waals surface area (Å²) < 4.78 is 4.54. The standard InChI is InChI=1S/C25H21ClN6S/c26-19-8-11-22-21(13-19)28-23(31(22)15-17-5-2-1-3-6-17)16-33-25-30-29-24(32(25)20-9-10-20)18-7-4-12-27-14-18/h1-8,11-14,20H,9-10,15-16H2. The van der Waals surface area contributed by atoms with Crippen molar-refractivity contribution in [3.8, 4) is 11.4 Å². The number of imidazole rings is 1. The van der Waals surface area contributed by atoms with Gasteiger partial charge in [0.15, 0.2) is 11.0 Å². The van der Waals surface area contributed by atoms with Crippen LogP contribution in [0.15, 0.2) is 78.2 Å². The van der Waals surface area contributed by atoms with E-state index >= 15 is 0 Å². The van der Waals surface area contributed by atoms with E-state index in [9.17, 15) is 0 Å². The van der Waals surface area contributed by atoms with Crippen molar-refractivity contribution in [2.24, 2.45) is 0 Å². The van der Waals surface area contributed by atoms with Crippen LogP contribution in [0.2, 0.25) is 5.02 Å². The molecule has 3 heterocycles. The van der Waals surface area contributed by atoms with Crippen LogP contribution in [-0.4, -0.2) is 29.3 Å². The number of rotatable bonds is 7. The average Bonchev–Trinajstić information content (AvgIpc) is 3.51. The Hall–Kier alpha value is -3.16. The predicted octanol–water partition coefficient (Wildman–Crippen LogP) is 6.02. The number of halogens is 1. The lowest BCUT2D eigenvalue weighted by Gasteiger charge is -2.11. The molecule has 0 atom stereocenters. The fourth-order valence-electron chi connectivity index (χ4n) is 4.06. The minimum Gasteiger partial charge on any atom is -0.323 e. The first kappa shape index (κ1) is 20.4. The van der Waals surface area contributed by atoms with Crippen LogP contribution in [0.4, 0.5) is 0 Å². The molecule has 164 valence electrons. The number of thioether (sulfide) groups is 1. The minimum atomic E-state index is 0.458. The summed E-state index contributed by atoms with van der Waals surface area (Å²) in [6, 6.07) is 20.8. The molecule has 1 aliphatic rings. The largest absolute Gasteiger partial charge is 0.323 e. The van der Waals surface area contributed by atoms with Gasteiger partial charge in [0.05, 0.1) is 16.8 Å². The van der Waals surface area contributed by atoms with Gasteiger partial charge < -0.3 is 4.57 Å². The highest BCUT2D eigenvalue weighted by Gasteiger charge is 2.30. The second-order valence-corrected chi connectivity index (χ2v) is 9.55. The van der Waals surface area contributed by atoms with Gasteiger partial charge in [-0.2, -0.15) is 0 Å². The van der Waals surface area contributed by atoms with Crippen LogP contribution in [-0.2, 0) is 12.3 Å². The highest BCUT2D eigenvalue weighted by molar-refractivity contribution is 7.98. The molecule has 0 aliphatic heterocycles.